The summed E-state index contributed by atoms with van der Waals surface area (Å²) in [6, 6.07) is 10.8. The fourth-order valence-corrected chi connectivity index (χ4v) is 1.92. The summed E-state index contributed by atoms with van der Waals surface area (Å²) in [4.78, 5) is 0. The first-order valence-electron chi connectivity index (χ1n) is 4.92. The number of rotatable bonds is 2. The average Bonchev–Trinajstić information content (AvgIpc) is 2.34. The summed E-state index contributed by atoms with van der Waals surface area (Å²) in [5.41, 5.74) is 0.366. The monoisotopic (exact) mass is 325 g/mol. The SMILES string of the molecule is N#Cc1cc(Br)ccc1Oc1ccc(F)cc1Cl. The first kappa shape index (κ1) is 12.9. The molecule has 5 heteroatoms. The summed E-state index contributed by atoms with van der Waals surface area (Å²) < 4.78 is 19.2. The van der Waals surface area contributed by atoms with Crippen LogP contribution in [0.5, 0.6) is 11.5 Å². The van der Waals surface area contributed by atoms with Crippen LogP contribution in [0.15, 0.2) is 40.9 Å². The lowest BCUT2D eigenvalue weighted by Crippen LogP contribution is -1.89. The van der Waals surface area contributed by atoms with Crippen molar-refractivity contribution in [1.29, 1.82) is 5.26 Å². The van der Waals surface area contributed by atoms with E-state index in [2.05, 4.69) is 15.9 Å². The van der Waals surface area contributed by atoms with E-state index in [1.165, 1.54) is 12.1 Å². The fraction of sp³-hybridized carbons (Fsp3) is 0. The lowest BCUT2D eigenvalue weighted by molar-refractivity contribution is 0.479. The van der Waals surface area contributed by atoms with Gasteiger partial charge in [0.25, 0.3) is 0 Å². The van der Waals surface area contributed by atoms with E-state index < -0.39 is 5.82 Å². The van der Waals surface area contributed by atoms with Gasteiger partial charge in [0.1, 0.15) is 23.4 Å². The van der Waals surface area contributed by atoms with E-state index in [4.69, 9.17) is 21.6 Å². The van der Waals surface area contributed by atoms with Crippen LogP contribution < -0.4 is 4.74 Å². The summed E-state index contributed by atoms with van der Waals surface area (Å²) in [5.74, 6) is 0.231. The maximum Gasteiger partial charge on any atom is 0.146 e. The fourth-order valence-electron chi connectivity index (χ4n) is 1.36. The molecule has 18 heavy (non-hydrogen) atoms. The highest BCUT2D eigenvalue weighted by atomic mass is 79.9. The third kappa shape index (κ3) is 2.81. The molecule has 0 aliphatic heterocycles. The molecular formula is C13H6BrClFNO. The van der Waals surface area contributed by atoms with Crippen LogP contribution in [0.1, 0.15) is 5.56 Å². The number of halogens is 3. The topological polar surface area (TPSA) is 33.0 Å². The van der Waals surface area contributed by atoms with Crippen molar-refractivity contribution < 1.29 is 9.13 Å². The van der Waals surface area contributed by atoms with E-state index in [0.717, 1.165) is 10.5 Å². The molecule has 0 unspecified atom stereocenters. The van der Waals surface area contributed by atoms with Crippen LogP contribution in [0.3, 0.4) is 0 Å². The Morgan fingerprint density at radius 1 is 1.17 bits per heavy atom. The molecule has 2 aromatic rings. The average molecular weight is 327 g/mol. The van der Waals surface area contributed by atoms with Crippen molar-refractivity contribution in [2.24, 2.45) is 0 Å². The molecule has 0 saturated heterocycles. The zero-order valence-electron chi connectivity index (χ0n) is 8.95. The summed E-state index contributed by atoms with van der Waals surface area (Å²) in [7, 11) is 0. The second-order valence-electron chi connectivity index (χ2n) is 3.43. The predicted octanol–water partition coefficient (Wildman–Crippen LogP) is 4.91. The Bertz CT molecular complexity index is 639. The quantitative estimate of drug-likeness (QED) is 0.786. The van der Waals surface area contributed by atoms with Crippen molar-refractivity contribution in [2.45, 2.75) is 0 Å². The van der Waals surface area contributed by atoms with Crippen LogP contribution in [-0.2, 0) is 0 Å². The Balaban J connectivity index is 2.37. The highest BCUT2D eigenvalue weighted by Gasteiger charge is 2.08. The molecule has 0 heterocycles. The van der Waals surface area contributed by atoms with Crippen molar-refractivity contribution in [3.63, 3.8) is 0 Å². The van der Waals surface area contributed by atoms with Gasteiger partial charge in [-0.25, -0.2) is 4.39 Å². The minimum absolute atomic E-state index is 0.154. The predicted molar refractivity (Wildman–Crippen MR) is 70.3 cm³/mol. The molecule has 2 nitrogen and oxygen atoms in total. The van der Waals surface area contributed by atoms with Gasteiger partial charge in [-0.3, -0.25) is 0 Å². The minimum Gasteiger partial charge on any atom is -0.454 e. The van der Waals surface area contributed by atoms with Gasteiger partial charge < -0.3 is 4.74 Å². The Kier molecular flexibility index (Phi) is 3.85. The molecule has 0 radical (unpaired) electrons. The minimum atomic E-state index is -0.441. The van der Waals surface area contributed by atoms with E-state index in [0.29, 0.717) is 17.1 Å². The molecule has 0 aliphatic rings. The van der Waals surface area contributed by atoms with Crippen LogP contribution in [0.2, 0.25) is 5.02 Å². The number of nitriles is 1. The van der Waals surface area contributed by atoms with Gasteiger partial charge in [-0.1, -0.05) is 27.5 Å². The lowest BCUT2D eigenvalue weighted by Gasteiger charge is -2.09. The van der Waals surface area contributed by atoms with Crippen LogP contribution >= 0.6 is 27.5 Å². The van der Waals surface area contributed by atoms with Gasteiger partial charge in [0.15, 0.2) is 0 Å². The normalized spacial score (nSPS) is 9.89. The maximum atomic E-state index is 12.9. The summed E-state index contributed by atoms with van der Waals surface area (Å²) in [6.07, 6.45) is 0. The molecule has 2 aromatic carbocycles. The van der Waals surface area contributed by atoms with Gasteiger partial charge >= 0.3 is 0 Å². The molecule has 2 rings (SSSR count). The van der Waals surface area contributed by atoms with E-state index in [-0.39, 0.29) is 5.02 Å². The number of hydrogen-bond donors (Lipinski definition) is 0. The summed E-state index contributed by atoms with van der Waals surface area (Å²) in [6.45, 7) is 0. The van der Waals surface area contributed by atoms with Gasteiger partial charge in [0.05, 0.1) is 10.6 Å². The van der Waals surface area contributed by atoms with Crippen LogP contribution in [0.4, 0.5) is 4.39 Å². The Morgan fingerprint density at radius 2 is 1.89 bits per heavy atom. The van der Waals surface area contributed by atoms with Crippen LogP contribution in [0.25, 0.3) is 0 Å². The van der Waals surface area contributed by atoms with Gasteiger partial charge in [-0.05, 0) is 36.4 Å². The molecule has 0 aliphatic carbocycles. The first-order valence-corrected chi connectivity index (χ1v) is 6.10. The highest BCUT2D eigenvalue weighted by molar-refractivity contribution is 9.10. The zero-order chi connectivity index (χ0) is 13.1. The van der Waals surface area contributed by atoms with Crippen LogP contribution in [0, 0.1) is 17.1 Å². The number of hydrogen-bond acceptors (Lipinski definition) is 2. The molecule has 0 atom stereocenters. The zero-order valence-corrected chi connectivity index (χ0v) is 11.3. The molecule has 0 fully saturated rings. The molecule has 0 saturated carbocycles. The second kappa shape index (κ2) is 5.38. The van der Waals surface area contributed by atoms with Crippen molar-refractivity contribution in [1.82, 2.24) is 0 Å². The van der Waals surface area contributed by atoms with Crippen molar-refractivity contribution in [3.8, 4) is 17.6 Å². The summed E-state index contributed by atoms with van der Waals surface area (Å²) in [5, 5.41) is 9.14. The first-order chi connectivity index (χ1) is 8.60. The van der Waals surface area contributed by atoms with Gasteiger partial charge in [-0.2, -0.15) is 5.26 Å². The van der Waals surface area contributed by atoms with E-state index in [1.807, 2.05) is 6.07 Å². The van der Waals surface area contributed by atoms with E-state index >= 15 is 0 Å². The van der Waals surface area contributed by atoms with Crippen molar-refractivity contribution in [2.75, 3.05) is 0 Å². The maximum absolute atomic E-state index is 12.9. The van der Waals surface area contributed by atoms with Gasteiger partial charge in [0.2, 0.25) is 0 Å². The van der Waals surface area contributed by atoms with Crippen LogP contribution in [-0.4, -0.2) is 0 Å². The van der Waals surface area contributed by atoms with E-state index in [1.54, 1.807) is 18.2 Å². The highest BCUT2D eigenvalue weighted by Crippen LogP contribution is 2.32. The van der Waals surface area contributed by atoms with Crippen molar-refractivity contribution >= 4 is 27.5 Å². The molecule has 0 amide bonds. The Morgan fingerprint density at radius 3 is 2.56 bits per heavy atom. The number of benzene rings is 2. The van der Waals surface area contributed by atoms with Gasteiger partial charge in [0, 0.05) is 4.47 Å². The number of nitrogens with zero attached hydrogens (tertiary/aromatic N) is 1. The molecule has 0 aromatic heterocycles. The smallest absolute Gasteiger partial charge is 0.146 e. The molecule has 90 valence electrons. The lowest BCUT2D eigenvalue weighted by atomic mass is 10.2. The third-order valence-corrected chi connectivity index (χ3v) is 2.96. The van der Waals surface area contributed by atoms with Gasteiger partial charge in [-0.15, -0.1) is 0 Å². The van der Waals surface area contributed by atoms with Crippen molar-refractivity contribution in [3.05, 3.63) is 57.3 Å². The largest absolute Gasteiger partial charge is 0.454 e. The molecular weight excluding hydrogens is 321 g/mol. The molecule has 0 bridgehead atoms. The summed E-state index contributed by atoms with van der Waals surface area (Å²) >= 11 is 9.11. The molecule has 0 N–H and O–H groups in total. The third-order valence-electron chi connectivity index (χ3n) is 2.18. The number of ether oxygens (including phenoxy) is 1. The Hall–Kier alpha value is -1.57. The van der Waals surface area contributed by atoms with E-state index in [9.17, 15) is 4.39 Å². The Labute approximate surface area is 117 Å². The second-order valence-corrected chi connectivity index (χ2v) is 4.75. The standard InChI is InChI=1S/C13H6BrClFNO/c14-9-1-3-12(8(5-9)7-17)18-13-4-2-10(16)6-11(13)15/h1-6H. The molecule has 0 spiro atoms.